The number of hydrogen-bond acceptors (Lipinski definition) is 5. The molecule has 0 radical (unpaired) electrons. The third-order valence-electron chi connectivity index (χ3n) is 4.94. The van der Waals surface area contributed by atoms with Gasteiger partial charge in [0.05, 0.1) is 10.5 Å². The molecule has 0 spiro atoms. The molecule has 31 heavy (non-hydrogen) atoms. The number of nitrogens with two attached hydrogens (primary N) is 1. The molecule has 2 N–H and O–H groups in total. The molecule has 0 saturated carbocycles. The summed E-state index contributed by atoms with van der Waals surface area (Å²) in [6.07, 6.45) is -1.19. The molecule has 0 aliphatic heterocycles. The number of aryl methyl sites for hydroxylation is 3. The molecule has 0 aromatic heterocycles. The van der Waals surface area contributed by atoms with Crippen molar-refractivity contribution in [2.45, 2.75) is 31.8 Å². The lowest BCUT2D eigenvalue weighted by Gasteiger charge is -2.19. The van der Waals surface area contributed by atoms with Gasteiger partial charge in [-0.25, -0.2) is 18.4 Å². The number of benzene rings is 3. The zero-order valence-corrected chi connectivity index (χ0v) is 18.3. The summed E-state index contributed by atoms with van der Waals surface area (Å²) >= 11 is 0. The Labute approximate surface area is 181 Å². The van der Waals surface area contributed by atoms with Gasteiger partial charge in [0.2, 0.25) is 15.8 Å². The van der Waals surface area contributed by atoms with Gasteiger partial charge in [0.25, 0.3) is 0 Å². The number of ether oxygens (including phenoxy) is 1. The Morgan fingerprint density at radius 3 is 1.94 bits per heavy atom. The Hall–Kier alpha value is -3.29. The lowest BCUT2D eigenvalue weighted by atomic mass is 9.98. The van der Waals surface area contributed by atoms with Crippen molar-refractivity contribution in [3.8, 4) is 0 Å². The molecule has 0 aliphatic carbocycles. The normalized spacial score (nSPS) is 12.3. The van der Waals surface area contributed by atoms with Crippen LogP contribution in [0.2, 0.25) is 0 Å². The molecular weight excluding hydrogens is 414 g/mol. The Kier molecular flexibility index (Phi) is 6.38. The highest BCUT2D eigenvalue weighted by Gasteiger charge is 2.28. The molecular formula is C24H23NO5S. The molecule has 1 unspecified atom stereocenters. The van der Waals surface area contributed by atoms with Crippen LogP contribution in [0, 0.1) is 20.8 Å². The lowest BCUT2D eigenvalue weighted by Crippen LogP contribution is -2.21. The molecule has 0 aliphatic rings. The van der Waals surface area contributed by atoms with Crippen LogP contribution in [0.15, 0.2) is 71.6 Å². The number of primary sulfonamides is 1. The topological polar surface area (TPSA) is 104 Å². The minimum Gasteiger partial charge on any atom is -0.445 e. The number of carbonyl (C=O) groups excluding carboxylic acids is 2. The summed E-state index contributed by atoms with van der Waals surface area (Å²) in [5.41, 5.74) is 3.44. The smallest absolute Gasteiger partial charge is 0.339 e. The predicted octanol–water partition coefficient (Wildman–Crippen LogP) is 4.04. The summed E-state index contributed by atoms with van der Waals surface area (Å²) < 4.78 is 29.0. The molecule has 0 fully saturated rings. The van der Waals surface area contributed by atoms with E-state index >= 15 is 0 Å². The maximum absolute atomic E-state index is 13.2. The highest BCUT2D eigenvalue weighted by atomic mass is 32.2. The van der Waals surface area contributed by atoms with E-state index in [1.807, 2.05) is 26.0 Å². The van der Waals surface area contributed by atoms with Crippen molar-refractivity contribution >= 4 is 21.8 Å². The lowest BCUT2D eigenvalue weighted by molar-refractivity contribution is 0.0279. The van der Waals surface area contributed by atoms with Crippen molar-refractivity contribution < 1.29 is 22.7 Å². The average molecular weight is 438 g/mol. The highest BCUT2D eigenvalue weighted by Crippen LogP contribution is 2.26. The first-order valence-corrected chi connectivity index (χ1v) is 11.1. The number of Topliss-reactive ketones (excluding diaryl/α,β-unsaturated/α-hetero) is 1. The van der Waals surface area contributed by atoms with Crippen LogP contribution >= 0.6 is 0 Å². The van der Waals surface area contributed by atoms with Crippen LogP contribution in [0.4, 0.5) is 0 Å². The Morgan fingerprint density at radius 2 is 1.39 bits per heavy atom. The summed E-state index contributed by atoms with van der Waals surface area (Å²) in [7, 11) is -4.00. The highest BCUT2D eigenvalue weighted by molar-refractivity contribution is 7.89. The largest absolute Gasteiger partial charge is 0.445 e. The van der Waals surface area contributed by atoms with Crippen molar-refractivity contribution in [2.24, 2.45) is 5.14 Å². The van der Waals surface area contributed by atoms with Crippen LogP contribution in [0.1, 0.15) is 49.1 Å². The van der Waals surface area contributed by atoms with Crippen LogP contribution in [0.5, 0.6) is 0 Å². The van der Waals surface area contributed by atoms with Gasteiger partial charge >= 0.3 is 5.97 Å². The number of sulfonamides is 1. The van der Waals surface area contributed by atoms with Gasteiger partial charge < -0.3 is 4.74 Å². The van der Waals surface area contributed by atoms with E-state index in [2.05, 4.69) is 0 Å². The minimum atomic E-state index is -4.00. The summed E-state index contributed by atoms with van der Waals surface area (Å²) in [5, 5.41) is 5.18. The van der Waals surface area contributed by atoms with E-state index in [1.165, 1.54) is 12.1 Å². The second-order valence-electron chi connectivity index (χ2n) is 7.45. The number of rotatable bonds is 6. The predicted molar refractivity (Wildman–Crippen MR) is 117 cm³/mol. The van der Waals surface area contributed by atoms with Gasteiger partial charge in [-0.3, -0.25) is 4.79 Å². The van der Waals surface area contributed by atoms with Gasteiger partial charge in [-0.05, 0) is 38.5 Å². The maximum atomic E-state index is 13.2. The van der Waals surface area contributed by atoms with E-state index < -0.39 is 22.1 Å². The Balaban J connectivity index is 2.01. The number of carbonyl (C=O) groups is 2. The Morgan fingerprint density at radius 1 is 0.839 bits per heavy atom. The average Bonchev–Trinajstić information content (AvgIpc) is 2.72. The quantitative estimate of drug-likeness (QED) is 0.463. The molecule has 0 saturated heterocycles. The molecule has 3 rings (SSSR count). The molecule has 0 heterocycles. The van der Waals surface area contributed by atoms with Crippen LogP contribution in [-0.4, -0.2) is 20.2 Å². The minimum absolute atomic E-state index is 0.0281. The van der Waals surface area contributed by atoms with Gasteiger partial charge in [-0.2, -0.15) is 0 Å². The molecule has 0 amide bonds. The molecule has 3 aromatic carbocycles. The summed E-state index contributed by atoms with van der Waals surface area (Å²) in [4.78, 5) is 26.0. The molecule has 160 valence electrons. The first-order valence-electron chi connectivity index (χ1n) is 9.58. The van der Waals surface area contributed by atoms with Crippen LogP contribution in [0.25, 0.3) is 0 Å². The van der Waals surface area contributed by atoms with E-state index in [0.29, 0.717) is 16.7 Å². The van der Waals surface area contributed by atoms with Crippen molar-refractivity contribution in [1.29, 1.82) is 0 Å². The monoisotopic (exact) mass is 437 g/mol. The van der Waals surface area contributed by atoms with Gasteiger partial charge in [0.15, 0.2) is 6.10 Å². The molecule has 6 nitrogen and oxygen atoms in total. The maximum Gasteiger partial charge on any atom is 0.339 e. The zero-order chi connectivity index (χ0) is 22.8. The van der Waals surface area contributed by atoms with E-state index in [0.717, 1.165) is 17.2 Å². The Bertz CT molecular complexity index is 1230. The van der Waals surface area contributed by atoms with Crippen molar-refractivity contribution in [3.05, 3.63) is 100 Å². The van der Waals surface area contributed by atoms with Crippen LogP contribution in [0.3, 0.4) is 0 Å². The zero-order valence-electron chi connectivity index (χ0n) is 17.5. The standard InChI is InChI=1S/C24H23NO5S/c1-15-4-9-18(10-5-15)22(26)23(19-11-6-16(2)7-12-19)30-24(27)21-14-20(31(25,28)29)13-8-17(21)3/h4-14,23H,1-3H3,(H2,25,28,29). The van der Waals surface area contributed by atoms with Crippen molar-refractivity contribution in [3.63, 3.8) is 0 Å². The SMILES string of the molecule is Cc1ccc(C(=O)C(OC(=O)c2cc(S(N)(=O)=O)ccc2C)c2ccc(C)cc2)cc1. The molecule has 3 aromatic rings. The number of ketones is 1. The van der Waals surface area contributed by atoms with Crippen molar-refractivity contribution in [2.75, 3.05) is 0 Å². The summed E-state index contributed by atoms with van der Waals surface area (Å²) in [5.74, 6) is -1.19. The fraction of sp³-hybridized carbons (Fsp3) is 0.167. The van der Waals surface area contributed by atoms with Gasteiger partial charge in [-0.1, -0.05) is 65.7 Å². The summed E-state index contributed by atoms with van der Waals surface area (Å²) in [6, 6.07) is 18.0. The first-order chi connectivity index (χ1) is 14.6. The fourth-order valence-electron chi connectivity index (χ4n) is 3.05. The number of esters is 1. The fourth-order valence-corrected chi connectivity index (χ4v) is 3.59. The van der Waals surface area contributed by atoms with Crippen molar-refractivity contribution in [1.82, 2.24) is 0 Å². The second kappa shape index (κ2) is 8.83. The van der Waals surface area contributed by atoms with Gasteiger partial charge in [-0.15, -0.1) is 0 Å². The summed E-state index contributed by atoms with van der Waals surface area (Å²) in [6.45, 7) is 5.47. The number of hydrogen-bond donors (Lipinski definition) is 1. The van der Waals surface area contributed by atoms with Crippen LogP contribution in [-0.2, 0) is 14.8 Å². The van der Waals surface area contributed by atoms with E-state index in [9.17, 15) is 18.0 Å². The van der Waals surface area contributed by atoms with Gasteiger partial charge in [0.1, 0.15) is 0 Å². The third-order valence-corrected chi connectivity index (χ3v) is 5.85. The molecule has 0 bridgehead atoms. The van der Waals surface area contributed by atoms with E-state index in [4.69, 9.17) is 9.88 Å². The first kappa shape index (κ1) is 22.4. The third kappa shape index (κ3) is 5.25. The van der Waals surface area contributed by atoms with Gasteiger partial charge in [0, 0.05) is 11.1 Å². The molecule has 1 atom stereocenters. The van der Waals surface area contributed by atoms with Crippen LogP contribution < -0.4 is 5.14 Å². The van der Waals surface area contributed by atoms with E-state index in [-0.39, 0.29) is 16.2 Å². The van der Waals surface area contributed by atoms with E-state index in [1.54, 1.807) is 43.3 Å². The second-order valence-corrected chi connectivity index (χ2v) is 9.01. The molecule has 7 heteroatoms.